The second-order valence-electron chi connectivity index (χ2n) is 4.81. The van der Waals surface area contributed by atoms with Crippen molar-refractivity contribution in [2.45, 2.75) is 53.1 Å². The van der Waals surface area contributed by atoms with Gasteiger partial charge in [-0.05, 0) is 37.8 Å². The van der Waals surface area contributed by atoms with Crippen molar-refractivity contribution in [3.05, 3.63) is 23.4 Å². The molecule has 0 aliphatic rings. The molecule has 0 bridgehead atoms. The molecule has 1 atom stereocenters. The van der Waals surface area contributed by atoms with Crippen LogP contribution in [0.25, 0.3) is 0 Å². The first-order chi connectivity index (χ1) is 8.63. The van der Waals surface area contributed by atoms with Crippen LogP contribution in [0.2, 0.25) is 0 Å². The molecule has 0 aliphatic carbocycles. The van der Waals surface area contributed by atoms with Crippen LogP contribution in [0.3, 0.4) is 0 Å². The Labute approximate surface area is 111 Å². The summed E-state index contributed by atoms with van der Waals surface area (Å²) in [4.78, 5) is 6.83. The molecule has 0 aliphatic heterocycles. The normalized spacial score (nSPS) is 12.5. The van der Waals surface area contributed by atoms with Crippen LogP contribution in [0.5, 0.6) is 0 Å². The number of aromatic nitrogens is 1. The summed E-state index contributed by atoms with van der Waals surface area (Å²) in [6.45, 7) is 10.5. The lowest BCUT2D eigenvalue weighted by Gasteiger charge is -2.24. The van der Waals surface area contributed by atoms with E-state index in [-0.39, 0.29) is 0 Å². The SMILES string of the molecule is CCCN(CCC)c1cc(C)c(C(O)CC)cn1. The predicted molar refractivity (Wildman–Crippen MR) is 77.0 cm³/mol. The zero-order valence-electron chi connectivity index (χ0n) is 12.1. The fourth-order valence-electron chi connectivity index (χ4n) is 2.17. The Morgan fingerprint density at radius 3 is 2.28 bits per heavy atom. The minimum Gasteiger partial charge on any atom is -0.388 e. The van der Waals surface area contributed by atoms with Crippen LogP contribution in [0.4, 0.5) is 5.82 Å². The fraction of sp³-hybridized carbons (Fsp3) is 0.667. The number of pyridine rings is 1. The van der Waals surface area contributed by atoms with Crippen LogP contribution in [0.1, 0.15) is 57.3 Å². The topological polar surface area (TPSA) is 36.4 Å². The highest BCUT2D eigenvalue weighted by Gasteiger charge is 2.12. The van der Waals surface area contributed by atoms with Gasteiger partial charge in [0.1, 0.15) is 5.82 Å². The van der Waals surface area contributed by atoms with E-state index in [2.05, 4.69) is 36.7 Å². The average Bonchev–Trinajstić information content (AvgIpc) is 2.37. The molecule has 1 aromatic rings. The first kappa shape index (κ1) is 15.0. The number of hydrogen-bond donors (Lipinski definition) is 1. The van der Waals surface area contributed by atoms with E-state index in [1.54, 1.807) is 0 Å². The zero-order valence-corrected chi connectivity index (χ0v) is 12.1. The van der Waals surface area contributed by atoms with Crippen molar-refractivity contribution in [1.82, 2.24) is 4.98 Å². The van der Waals surface area contributed by atoms with Gasteiger partial charge in [0, 0.05) is 24.8 Å². The average molecular weight is 250 g/mol. The monoisotopic (exact) mass is 250 g/mol. The summed E-state index contributed by atoms with van der Waals surface area (Å²) in [7, 11) is 0. The Balaban J connectivity index is 2.93. The van der Waals surface area contributed by atoms with Gasteiger partial charge in [-0.25, -0.2) is 4.98 Å². The van der Waals surface area contributed by atoms with Gasteiger partial charge in [-0.3, -0.25) is 0 Å². The minimum absolute atomic E-state index is 0.391. The Kier molecular flexibility index (Phi) is 6.13. The minimum atomic E-state index is -0.391. The van der Waals surface area contributed by atoms with E-state index in [9.17, 15) is 5.11 Å². The first-order valence-electron chi connectivity index (χ1n) is 7.03. The van der Waals surface area contributed by atoms with Crippen molar-refractivity contribution < 1.29 is 5.11 Å². The number of rotatable bonds is 7. The summed E-state index contributed by atoms with van der Waals surface area (Å²) in [5, 5.41) is 9.89. The number of anilines is 1. The molecule has 0 spiro atoms. The summed E-state index contributed by atoms with van der Waals surface area (Å²) < 4.78 is 0. The van der Waals surface area contributed by atoms with Gasteiger partial charge in [-0.2, -0.15) is 0 Å². The summed E-state index contributed by atoms with van der Waals surface area (Å²) in [5.74, 6) is 1.03. The van der Waals surface area contributed by atoms with E-state index in [4.69, 9.17) is 0 Å². The molecular formula is C15H26N2O. The van der Waals surface area contributed by atoms with E-state index in [0.717, 1.165) is 49.3 Å². The molecule has 102 valence electrons. The lowest BCUT2D eigenvalue weighted by atomic mass is 10.0. The maximum absolute atomic E-state index is 9.89. The number of aryl methyl sites for hydroxylation is 1. The van der Waals surface area contributed by atoms with Gasteiger partial charge in [0.2, 0.25) is 0 Å². The first-order valence-corrected chi connectivity index (χ1v) is 7.03. The number of nitrogens with zero attached hydrogens (tertiary/aromatic N) is 2. The van der Waals surface area contributed by atoms with E-state index in [0.29, 0.717) is 0 Å². The van der Waals surface area contributed by atoms with E-state index in [1.807, 2.05) is 13.1 Å². The van der Waals surface area contributed by atoms with Gasteiger partial charge in [-0.1, -0.05) is 20.8 Å². The Bertz CT molecular complexity index is 360. The van der Waals surface area contributed by atoms with Crippen LogP contribution in [0, 0.1) is 6.92 Å². The zero-order chi connectivity index (χ0) is 13.5. The second kappa shape index (κ2) is 7.37. The van der Waals surface area contributed by atoms with E-state index >= 15 is 0 Å². The molecule has 18 heavy (non-hydrogen) atoms. The summed E-state index contributed by atoms with van der Waals surface area (Å²) >= 11 is 0. The number of aliphatic hydroxyl groups is 1. The number of aliphatic hydroxyl groups excluding tert-OH is 1. The molecule has 1 aromatic heterocycles. The van der Waals surface area contributed by atoms with Gasteiger partial charge < -0.3 is 10.0 Å². The van der Waals surface area contributed by atoms with Crippen molar-refractivity contribution in [3.8, 4) is 0 Å². The van der Waals surface area contributed by atoms with E-state index in [1.165, 1.54) is 0 Å². The molecule has 3 nitrogen and oxygen atoms in total. The van der Waals surface area contributed by atoms with Crippen molar-refractivity contribution >= 4 is 5.82 Å². The molecule has 0 radical (unpaired) electrons. The van der Waals surface area contributed by atoms with Gasteiger partial charge in [0.05, 0.1) is 6.10 Å². The smallest absolute Gasteiger partial charge is 0.128 e. The van der Waals surface area contributed by atoms with Crippen LogP contribution in [-0.2, 0) is 0 Å². The van der Waals surface area contributed by atoms with Crippen molar-refractivity contribution in [1.29, 1.82) is 0 Å². The Morgan fingerprint density at radius 2 is 1.83 bits per heavy atom. The van der Waals surface area contributed by atoms with Crippen LogP contribution in [0.15, 0.2) is 12.3 Å². The van der Waals surface area contributed by atoms with Crippen LogP contribution < -0.4 is 4.90 Å². The highest BCUT2D eigenvalue weighted by atomic mass is 16.3. The third-order valence-corrected chi connectivity index (χ3v) is 3.19. The molecule has 0 fully saturated rings. The maximum Gasteiger partial charge on any atom is 0.128 e. The van der Waals surface area contributed by atoms with E-state index < -0.39 is 6.10 Å². The predicted octanol–water partition coefficient (Wildman–Crippen LogP) is 3.46. The molecule has 0 saturated carbocycles. The standard InChI is InChI=1S/C15H26N2O/c1-5-8-17(9-6-2)15-10-12(4)13(11-16-15)14(18)7-3/h10-11,14,18H,5-9H2,1-4H3. The Morgan fingerprint density at radius 1 is 1.22 bits per heavy atom. The van der Waals surface area contributed by atoms with Crippen LogP contribution >= 0.6 is 0 Å². The summed E-state index contributed by atoms with van der Waals surface area (Å²) in [6.07, 6.45) is 4.42. The molecule has 0 amide bonds. The molecule has 0 aromatic carbocycles. The lowest BCUT2D eigenvalue weighted by Crippen LogP contribution is -2.26. The third kappa shape index (κ3) is 3.70. The molecule has 0 saturated heterocycles. The van der Waals surface area contributed by atoms with Gasteiger partial charge in [0.25, 0.3) is 0 Å². The van der Waals surface area contributed by atoms with Crippen molar-refractivity contribution in [3.63, 3.8) is 0 Å². The maximum atomic E-state index is 9.89. The van der Waals surface area contributed by atoms with Crippen molar-refractivity contribution in [2.24, 2.45) is 0 Å². The fourth-order valence-corrected chi connectivity index (χ4v) is 2.17. The molecule has 3 heteroatoms. The van der Waals surface area contributed by atoms with Gasteiger partial charge in [-0.15, -0.1) is 0 Å². The van der Waals surface area contributed by atoms with Gasteiger partial charge >= 0.3 is 0 Å². The quantitative estimate of drug-likeness (QED) is 0.805. The molecule has 1 heterocycles. The van der Waals surface area contributed by atoms with Crippen LogP contribution in [-0.4, -0.2) is 23.2 Å². The molecule has 1 rings (SSSR count). The summed E-state index contributed by atoms with van der Waals surface area (Å²) in [6, 6.07) is 2.10. The molecular weight excluding hydrogens is 224 g/mol. The van der Waals surface area contributed by atoms with Gasteiger partial charge in [0.15, 0.2) is 0 Å². The van der Waals surface area contributed by atoms with Crippen molar-refractivity contribution in [2.75, 3.05) is 18.0 Å². The third-order valence-electron chi connectivity index (χ3n) is 3.19. The number of hydrogen-bond acceptors (Lipinski definition) is 3. The lowest BCUT2D eigenvalue weighted by molar-refractivity contribution is 0.172. The molecule has 1 N–H and O–H groups in total. The Hall–Kier alpha value is -1.09. The largest absolute Gasteiger partial charge is 0.388 e. The molecule has 1 unspecified atom stereocenters. The summed E-state index contributed by atoms with van der Waals surface area (Å²) in [5.41, 5.74) is 2.08. The highest BCUT2D eigenvalue weighted by molar-refractivity contribution is 5.43. The highest BCUT2D eigenvalue weighted by Crippen LogP contribution is 2.23. The second-order valence-corrected chi connectivity index (χ2v) is 4.81.